The van der Waals surface area contributed by atoms with Crippen molar-refractivity contribution in [2.24, 2.45) is 11.7 Å². The summed E-state index contributed by atoms with van der Waals surface area (Å²) in [6.45, 7) is 8.39. The molecule has 0 saturated heterocycles. The van der Waals surface area contributed by atoms with E-state index in [1.165, 1.54) is 24.3 Å². The van der Waals surface area contributed by atoms with E-state index in [0.29, 0.717) is 17.3 Å². The highest BCUT2D eigenvalue weighted by atomic mass is 16.6. The van der Waals surface area contributed by atoms with Crippen molar-refractivity contribution in [3.63, 3.8) is 0 Å². The third-order valence-electron chi connectivity index (χ3n) is 5.25. The molecule has 3 rings (SSSR count). The Morgan fingerprint density at radius 3 is 2.24 bits per heavy atom. The zero-order valence-corrected chi connectivity index (χ0v) is 19.3. The number of nitrogens with two attached hydrogens (primary N) is 1. The van der Waals surface area contributed by atoms with E-state index in [1.54, 1.807) is 0 Å². The summed E-state index contributed by atoms with van der Waals surface area (Å²) in [6, 6.07) is 13.7. The Morgan fingerprint density at radius 1 is 1.06 bits per heavy atom. The zero-order chi connectivity index (χ0) is 24.1. The molecule has 33 heavy (non-hydrogen) atoms. The van der Waals surface area contributed by atoms with Crippen LogP contribution in [-0.4, -0.2) is 22.2 Å². The van der Waals surface area contributed by atoms with Crippen molar-refractivity contribution < 1.29 is 19.4 Å². The molecular formula is C26H29N3O4. The molecule has 1 heterocycles. The first-order valence-corrected chi connectivity index (χ1v) is 10.8. The van der Waals surface area contributed by atoms with Gasteiger partial charge in [-0.15, -0.1) is 0 Å². The summed E-state index contributed by atoms with van der Waals surface area (Å²) in [5.74, 6) is -0.424. The molecule has 4 N–H and O–H groups in total. The summed E-state index contributed by atoms with van der Waals surface area (Å²) in [6.07, 6.45) is 0.0725. The molecule has 0 saturated carbocycles. The van der Waals surface area contributed by atoms with E-state index < -0.39 is 12.1 Å². The Hall–Kier alpha value is -3.71. The summed E-state index contributed by atoms with van der Waals surface area (Å²) in [7, 11) is 0. The van der Waals surface area contributed by atoms with E-state index in [9.17, 15) is 9.59 Å². The number of nitrogens with zero attached hydrogens (tertiary/aromatic N) is 1. The summed E-state index contributed by atoms with van der Waals surface area (Å²) < 4.78 is 5.38. The van der Waals surface area contributed by atoms with Gasteiger partial charge >= 0.3 is 12.1 Å². The molecule has 7 nitrogen and oxygen atoms in total. The number of hydrogen-bond acceptors (Lipinski definition) is 5. The number of ether oxygens (including phenoxy) is 1. The predicted octanol–water partition coefficient (Wildman–Crippen LogP) is 5.33. The number of pyridine rings is 1. The fourth-order valence-corrected chi connectivity index (χ4v) is 3.67. The van der Waals surface area contributed by atoms with Crippen LogP contribution in [0.15, 0.2) is 48.5 Å². The number of carbonyl (C=O) groups excluding carboxylic acids is 1. The first-order valence-electron chi connectivity index (χ1n) is 10.8. The Kier molecular flexibility index (Phi) is 7.45. The van der Waals surface area contributed by atoms with Gasteiger partial charge in [-0.2, -0.15) is 0 Å². The first kappa shape index (κ1) is 23.9. The highest BCUT2D eigenvalue weighted by molar-refractivity contribution is 5.95. The zero-order valence-electron chi connectivity index (χ0n) is 19.3. The third-order valence-corrected chi connectivity index (χ3v) is 5.25. The third kappa shape index (κ3) is 5.75. The quantitative estimate of drug-likeness (QED) is 0.451. The molecule has 0 bridgehead atoms. The lowest BCUT2D eigenvalue weighted by atomic mass is 9.92. The molecule has 1 aromatic heterocycles. The van der Waals surface area contributed by atoms with Crippen LogP contribution in [0.4, 0.5) is 10.5 Å². The lowest BCUT2D eigenvalue weighted by Crippen LogP contribution is -2.20. The van der Waals surface area contributed by atoms with Crippen LogP contribution in [0, 0.1) is 19.8 Å². The van der Waals surface area contributed by atoms with Crippen molar-refractivity contribution >= 4 is 17.7 Å². The molecule has 0 aliphatic rings. The van der Waals surface area contributed by atoms with Gasteiger partial charge in [0.1, 0.15) is 5.75 Å². The number of benzene rings is 2. The topological polar surface area (TPSA) is 115 Å². The van der Waals surface area contributed by atoms with Gasteiger partial charge in [0, 0.05) is 17.8 Å². The van der Waals surface area contributed by atoms with Crippen LogP contribution in [-0.2, 0) is 13.0 Å². The standard InChI is InChI=1S/C26H29N3O4/c1-15(2)13-22-21(14-27)23(18-7-5-16(3)6-8-18)24(17(4)28-22)29-26(32)33-20-11-9-19(10-12-20)25(30)31/h5-12,15H,13-14,27H2,1-4H3,(H,29,32)(H,30,31). The van der Waals surface area contributed by atoms with E-state index in [4.69, 9.17) is 20.6 Å². The maximum absolute atomic E-state index is 12.7. The second-order valence-corrected chi connectivity index (χ2v) is 8.38. The van der Waals surface area contributed by atoms with Crippen molar-refractivity contribution in [1.29, 1.82) is 0 Å². The molecule has 2 aromatic carbocycles. The summed E-state index contributed by atoms with van der Waals surface area (Å²) in [4.78, 5) is 28.5. The summed E-state index contributed by atoms with van der Waals surface area (Å²) in [5.41, 5.74) is 12.2. The van der Waals surface area contributed by atoms with E-state index in [0.717, 1.165) is 34.4 Å². The van der Waals surface area contributed by atoms with Gasteiger partial charge < -0.3 is 15.6 Å². The van der Waals surface area contributed by atoms with Crippen molar-refractivity contribution in [3.8, 4) is 16.9 Å². The molecule has 0 unspecified atom stereocenters. The average Bonchev–Trinajstić information content (AvgIpc) is 2.76. The number of aryl methyl sites for hydroxylation is 2. The molecule has 1 amide bonds. The van der Waals surface area contributed by atoms with Crippen LogP contribution in [0.5, 0.6) is 5.75 Å². The van der Waals surface area contributed by atoms with E-state index in [2.05, 4.69) is 19.2 Å². The lowest BCUT2D eigenvalue weighted by Gasteiger charge is -2.21. The molecule has 0 fully saturated rings. The highest BCUT2D eigenvalue weighted by Crippen LogP contribution is 2.36. The monoisotopic (exact) mass is 447 g/mol. The number of rotatable bonds is 7. The predicted molar refractivity (Wildman–Crippen MR) is 129 cm³/mol. The smallest absolute Gasteiger partial charge is 0.417 e. The number of nitrogens with one attached hydrogen (secondary N) is 1. The number of anilines is 1. The number of aromatic carboxylic acids is 1. The van der Waals surface area contributed by atoms with E-state index in [-0.39, 0.29) is 17.9 Å². The van der Waals surface area contributed by atoms with Crippen molar-refractivity contribution in [2.75, 3.05) is 5.32 Å². The molecule has 0 radical (unpaired) electrons. The van der Waals surface area contributed by atoms with Crippen molar-refractivity contribution in [2.45, 2.75) is 40.7 Å². The van der Waals surface area contributed by atoms with Gasteiger partial charge in [0.25, 0.3) is 0 Å². The second kappa shape index (κ2) is 10.3. The van der Waals surface area contributed by atoms with Crippen molar-refractivity contribution in [3.05, 3.63) is 76.6 Å². The first-order chi connectivity index (χ1) is 15.7. The van der Waals surface area contributed by atoms with Gasteiger partial charge in [0.2, 0.25) is 0 Å². The van der Waals surface area contributed by atoms with Crippen LogP contribution < -0.4 is 15.8 Å². The Balaban J connectivity index is 2.01. The van der Waals surface area contributed by atoms with Gasteiger partial charge in [0.15, 0.2) is 0 Å². The molecule has 3 aromatic rings. The minimum absolute atomic E-state index is 0.109. The second-order valence-electron chi connectivity index (χ2n) is 8.38. The number of aromatic nitrogens is 1. The van der Waals surface area contributed by atoms with Gasteiger partial charge in [0.05, 0.1) is 16.9 Å². The highest BCUT2D eigenvalue weighted by Gasteiger charge is 2.21. The molecule has 0 aliphatic carbocycles. The largest absolute Gasteiger partial charge is 0.478 e. The molecule has 172 valence electrons. The Morgan fingerprint density at radius 2 is 1.70 bits per heavy atom. The lowest BCUT2D eigenvalue weighted by molar-refractivity contribution is 0.0697. The fourth-order valence-electron chi connectivity index (χ4n) is 3.67. The minimum Gasteiger partial charge on any atom is -0.478 e. The summed E-state index contributed by atoms with van der Waals surface area (Å²) in [5, 5.41) is 11.9. The van der Waals surface area contributed by atoms with Crippen LogP contribution in [0.1, 0.15) is 46.7 Å². The molecule has 7 heteroatoms. The number of carboxylic acids is 1. The van der Waals surface area contributed by atoms with Crippen LogP contribution in [0.3, 0.4) is 0 Å². The van der Waals surface area contributed by atoms with Gasteiger partial charge in [-0.25, -0.2) is 9.59 Å². The Labute approximate surface area is 193 Å². The van der Waals surface area contributed by atoms with E-state index >= 15 is 0 Å². The molecule has 0 spiro atoms. The maximum Gasteiger partial charge on any atom is 0.417 e. The molecular weight excluding hydrogens is 418 g/mol. The van der Waals surface area contributed by atoms with Gasteiger partial charge in [-0.1, -0.05) is 43.7 Å². The fraction of sp³-hybridized carbons (Fsp3) is 0.269. The minimum atomic E-state index is -1.05. The maximum atomic E-state index is 12.7. The van der Waals surface area contributed by atoms with E-state index in [1.807, 2.05) is 38.1 Å². The number of amides is 1. The van der Waals surface area contributed by atoms with Gasteiger partial charge in [-0.05, 0) is 61.6 Å². The number of carbonyl (C=O) groups is 2. The SMILES string of the molecule is Cc1ccc(-c2c(CN)c(CC(C)C)nc(C)c2NC(=O)Oc2ccc(C(=O)O)cc2)cc1. The van der Waals surface area contributed by atoms with Crippen LogP contribution in [0.2, 0.25) is 0 Å². The normalized spacial score (nSPS) is 10.8. The molecule has 0 aliphatic heterocycles. The number of carboxylic acid groups (broad SMARTS) is 1. The van der Waals surface area contributed by atoms with Crippen molar-refractivity contribution in [1.82, 2.24) is 4.98 Å². The number of hydrogen-bond donors (Lipinski definition) is 3. The van der Waals surface area contributed by atoms with Crippen LogP contribution >= 0.6 is 0 Å². The summed E-state index contributed by atoms with van der Waals surface area (Å²) >= 11 is 0. The van der Waals surface area contributed by atoms with Gasteiger partial charge in [-0.3, -0.25) is 10.3 Å². The average molecular weight is 448 g/mol. The molecule has 0 atom stereocenters. The Bertz CT molecular complexity index is 1150. The van der Waals surface area contributed by atoms with Crippen LogP contribution in [0.25, 0.3) is 11.1 Å².